The van der Waals surface area contributed by atoms with Crippen molar-refractivity contribution in [3.05, 3.63) is 64.0 Å². The quantitative estimate of drug-likeness (QED) is 0.655. The van der Waals surface area contributed by atoms with Crippen LogP contribution in [0.3, 0.4) is 0 Å². The fraction of sp³-hybridized carbons (Fsp3) is 0.200. The molecule has 5 nitrogen and oxygen atoms in total. The summed E-state index contributed by atoms with van der Waals surface area (Å²) < 4.78 is 19.3. The van der Waals surface area contributed by atoms with Crippen LogP contribution in [-0.2, 0) is 4.74 Å². The molecular weight excluding hydrogens is 404 g/mol. The number of carbonyl (C=O) groups is 1. The molecule has 1 N–H and O–H groups in total. The van der Waals surface area contributed by atoms with Crippen LogP contribution in [0, 0.1) is 5.82 Å². The van der Waals surface area contributed by atoms with Gasteiger partial charge >= 0.3 is 0 Å². The average molecular weight is 420 g/mol. The van der Waals surface area contributed by atoms with Crippen molar-refractivity contribution in [3.63, 3.8) is 0 Å². The Morgan fingerprint density at radius 3 is 2.64 bits per heavy atom. The molecule has 1 fully saturated rings. The average Bonchev–Trinajstić information content (AvgIpc) is 2.71. The highest BCUT2D eigenvalue weighted by Gasteiger charge is 2.23. The lowest BCUT2D eigenvalue weighted by molar-refractivity contribution is 0.0303. The largest absolute Gasteiger partial charge is 0.378 e. The van der Waals surface area contributed by atoms with E-state index >= 15 is 0 Å². The lowest BCUT2D eigenvalue weighted by Crippen LogP contribution is -2.41. The van der Waals surface area contributed by atoms with E-state index in [0.717, 1.165) is 0 Å². The molecule has 2 heterocycles. The number of anilines is 2. The molecule has 0 bridgehead atoms. The lowest BCUT2D eigenvalue weighted by Gasteiger charge is -2.28. The molecule has 1 aliphatic heterocycles. The van der Waals surface area contributed by atoms with E-state index in [0.29, 0.717) is 64.2 Å². The van der Waals surface area contributed by atoms with E-state index < -0.39 is 5.82 Å². The van der Waals surface area contributed by atoms with Gasteiger partial charge in [-0.3, -0.25) is 9.78 Å². The molecule has 2 aromatic carbocycles. The highest BCUT2D eigenvalue weighted by molar-refractivity contribution is 6.42. The normalized spacial score (nSPS) is 14.3. The van der Waals surface area contributed by atoms with Crippen molar-refractivity contribution in [2.45, 2.75) is 0 Å². The molecule has 8 heteroatoms. The monoisotopic (exact) mass is 419 g/mol. The Morgan fingerprint density at radius 2 is 1.89 bits per heavy atom. The first-order valence-electron chi connectivity index (χ1n) is 8.70. The first-order valence-corrected chi connectivity index (χ1v) is 9.46. The molecule has 1 aromatic heterocycles. The van der Waals surface area contributed by atoms with Gasteiger partial charge in [0, 0.05) is 30.4 Å². The number of carbonyl (C=O) groups excluding carboxylic acids is 1. The molecular formula is C20H16Cl2FN3O2. The van der Waals surface area contributed by atoms with Gasteiger partial charge < -0.3 is 15.0 Å². The Labute approximate surface area is 171 Å². The second-order valence-corrected chi connectivity index (χ2v) is 7.18. The summed E-state index contributed by atoms with van der Waals surface area (Å²) in [7, 11) is 0. The van der Waals surface area contributed by atoms with Crippen molar-refractivity contribution in [3.8, 4) is 0 Å². The summed E-state index contributed by atoms with van der Waals surface area (Å²) in [6.07, 6.45) is 1.51. The van der Waals surface area contributed by atoms with E-state index in [2.05, 4.69) is 10.3 Å². The Bertz CT molecular complexity index is 1060. The van der Waals surface area contributed by atoms with Gasteiger partial charge in [0.1, 0.15) is 5.82 Å². The van der Waals surface area contributed by atoms with Gasteiger partial charge in [-0.2, -0.15) is 0 Å². The summed E-state index contributed by atoms with van der Waals surface area (Å²) in [6.45, 7) is 1.95. The number of rotatable bonds is 3. The maximum atomic E-state index is 14.0. The van der Waals surface area contributed by atoms with Crippen LogP contribution in [0.2, 0.25) is 10.0 Å². The minimum Gasteiger partial charge on any atom is -0.378 e. The van der Waals surface area contributed by atoms with Crippen molar-refractivity contribution in [1.29, 1.82) is 0 Å². The van der Waals surface area contributed by atoms with Crippen LogP contribution in [0.1, 0.15) is 10.4 Å². The fourth-order valence-electron chi connectivity index (χ4n) is 3.12. The molecule has 0 spiro atoms. The second kappa shape index (κ2) is 7.91. The number of benzene rings is 2. The van der Waals surface area contributed by atoms with Crippen LogP contribution in [-0.4, -0.2) is 42.1 Å². The van der Waals surface area contributed by atoms with Crippen LogP contribution in [0.25, 0.3) is 10.9 Å². The third-order valence-corrected chi connectivity index (χ3v) is 5.29. The minimum absolute atomic E-state index is 0.190. The van der Waals surface area contributed by atoms with Crippen LogP contribution < -0.4 is 5.32 Å². The number of ether oxygens (including phenoxy) is 1. The van der Waals surface area contributed by atoms with E-state index in [4.69, 9.17) is 27.9 Å². The molecule has 0 radical (unpaired) electrons. The van der Waals surface area contributed by atoms with Gasteiger partial charge in [0.2, 0.25) is 0 Å². The van der Waals surface area contributed by atoms with Gasteiger partial charge in [-0.25, -0.2) is 4.39 Å². The third kappa shape index (κ3) is 3.76. The highest BCUT2D eigenvalue weighted by atomic mass is 35.5. The van der Waals surface area contributed by atoms with E-state index in [1.807, 2.05) is 0 Å². The Hall–Kier alpha value is -2.41. The predicted molar refractivity (Wildman–Crippen MR) is 108 cm³/mol. The van der Waals surface area contributed by atoms with Crippen LogP contribution in [0.5, 0.6) is 0 Å². The summed E-state index contributed by atoms with van der Waals surface area (Å²) in [5.74, 6) is -0.605. The molecule has 0 aliphatic carbocycles. The lowest BCUT2D eigenvalue weighted by atomic mass is 10.1. The van der Waals surface area contributed by atoms with E-state index in [-0.39, 0.29) is 5.91 Å². The molecule has 4 rings (SSSR count). The minimum atomic E-state index is -0.414. The summed E-state index contributed by atoms with van der Waals surface area (Å²) in [5, 5.41) is 4.50. The third-order valence-electron chi connectivity index (χ3n) is 4.55. The summed E-state index contributed by atoms with van der Waals surface area (Å²) in [4.78, 5) is 19.1. The number of hydrogen-bond donors (Lipinski definition) is 1. The van der Waals surface area contributed by atoms with Gasteiger partial charge in [0.05, 0.1) is 40.0 Å². The molecule has 1 amide bonds. The van der Waals surface area contributed by atoms with Crippen molar-refractivity contribution in [2.75, 3.05) is 31.6 Å². The summed E-state index contributed by atoms with van der Waals surface area (Å²) in [6, 6.07) is 9.31. The maximum absolute atomic E-state index is 14.0. The van der Waals surface area contributed by atoms with Crippen molar-refractivity contribution >= 4 is 51.4 Å². The molecule has 0 saturated carbocycles. The standard InChI is InChI=1S/C20H16Cl2FN3O2/c21-16-3-2-13(10-17(16)22)25-19-14-9-12(23)1-4-18(14)24-11-15(19)20(27)26-5-7-28-8-6-26/h1-4,9-11H,5-8H2,(H,24,25). The van der Waals surface area contributed by atoms with Gasteiger partial charge in [-0.15, -0.1) is 0 Å². The zero-order valence-electron chi connectivity index (χ0n) is 14.7. The van der Waals surface area contributed by atoms with Crippen molar-refractivity contribution < 1.29 is 13.9 Å². The van der Waals surface area contributed by atoms with Crippen molar-refractivity contribution in [2.24, 2.45) is 0 Å². The number of nitrogens with zero attached hydrogens (tertiary/aromatic N) is 2. The summed E-state index contributed by atoms with van der Waals surface area (Å²) >= 11 is 12.1. The van der Waals surface area contributed by atoms with E-state index in [1.165, 1.54) is 18.3 Å². The SMILES string of the molecule is O=C(c1cnc2ccc(F)cc2c1Nc1ccc(Cl)c(Cl)c1)N1CCOCC1. The number of morpholine rings is 1. The molecule has 3 aromatic rings. The zero-order chi connectivity index (χ0) is 19.7. The first-order chi connectivity index (χ1) is 13.5. The van der Waals surface area contributed by atoms with Gasteiger partial charge in [0.25, 0.3) is 5.91 Å². The number of amides is 1. The zero-order valence-corrected chi connectivity index (χ0v) is 16.2. The topological polar surface area (TPSA) is 54.5 Å². The number of hydrogen-bond acceptors (Lipinski definition) is 4. The van der Waals surface area contributed by atoms with Gasteiger partial charge in [0.15, 0.2) is 0 Å². The molecule has 0 atom stereocenters. The Morgan fingerprint density at radius 1 is 1.11 bits per heavy atom. The fourth-order valence-corrected chi connectivity index (χ4v) is 3.41. The Kier molecular flexibility index (Phi) is 5.35. The summed E-state index contributed by atoms with van der Waals surface area (Å²) in [5.41, 5.74) is 2.02. The van der Waals surface area contributed by atoms with E-state index in [1.54, 1.807) is 29.2 Å². The van der Waals surface area contributed by atoms with Crippen molar-refractivity contribution in [1.82, 2.24) is 9.88 Å². The van der Waals surface area contributed by atoms with Crippen LogP contribution in [0.15, 0.2) is 42.6 Å². The number of halogens is 3. The van der Waals surface area contributed by atoms with Crippen LogP contribution in [0.4, 0.5) is 15.8 Å². The number of nitrogens with one attached hydrogen (secondary N) is 1. The molecule has 1 aliphatic rings. The number of pyridine rings is 1. The molecule has 28 heavy (non-hydrogen) atoms. The smallest absolute Gasteiger partial charge is 0.257 e. The number of aromatic nitrogens is 1. The second-order valence-electron chi connectivity index (χ2n) is 6.37. The van der Waals surface area contributed by atoms with Gasteiger partial charge in [-0.1, -0.05) is 23.2 Å². The maximum Gasteiger partial charge on any atom is 0.257 e. The van der Waals surface area contributed by atoms with E-state index in [9.17, 15) is 9.18 Å². The predicted octanol–water partition coefficient (Wildman–Crippen LogP) is 4.90. The van der Waals surface area contributed by atoms with Crippen LogP contribution >= 0.6 is 23.2 Å². The molecule has 144 valence electrons. The Balaban J connectivity index is 1.83. The molecule has 0 unspecified atom stereocenters. The highest BCUT2D eigenvalue weighted by Crippen LogP contribution is 2.33. The molecule has 1 saturated heterocycles. The number of fused-ring (bicyclic) bond motifs is 1. The first kappa shape index (κ1) is 18.9. The van der Waals surface area contributed by atoms with Gasteiger partial charge in [-0.05, 0) is 36.4 Å².